The first-order valence-electron chi connectivity index (χ1n) is 2.64. The highest BCUT2D eigenvalue weighted by Crippen LogP contribution is 2.10. The largest absolute Gasteiger partial charge is 0.429 e. The van der Waals surface area contributed by atoms with Gasteiger partial charge in [0.05, 0.1) is 0 Å². The van der Waals surface area contributed by atoms with Gasteiger partial charge in [-0.3, -0.25) is 4.79 Å². The number of hydrogen-bond donors (Lipinski definition) is 0. The maximum absolute atomic E-state index is 11.3. The van der Waals surface area contributed by atoms with Gasteiger partial charge in [0, 0.05) is 0 Å². The Kier molecular flexibility index (Phi) is 3.56. The summed E-state index contributed by atoms with van der Waals surface area (Å²) in [6, 6.07) is 0. The Balaban J connectivity index is 3.54. The van der Waals surface area contributed by atoms with E-state index >= 15 is 0 Å². The molecule has 0 saturated carbocycles. The van der Waals surface area contributed by atoms with Gasteiger partial charge in [-0.15, -0.1) is 0 Å². The molecule has 0 aliphatic carbocycles. The average molecular weight is 169 g/mol. The third-order valence-corrected chi connectivity index (χ3v) is 0.541. The van der Waals surface area contributed by atoms with E-state index in [9.17, 15) is 18.0 Å². The molecule has 0 N–H and O–H groups in total. The Hall–Kier alpha value is -1.07. The Bertz CT molecular complexity index is 164. The number of halogens is 3. The van der Waals surface area contributed by atoms with Gasteiger partial charge in [-0.2, -0.15) is 13.2 Å². The lowest BCUT2D eigenvalue weighted by Gasteiger charge is -1.96. The van der Waals surface area contributed by atoms with E-state index < -0.39 is 12.8 Å². The van der Waals surface area contributed by atoms with Crippen molar-refractivity contribution < 1.29 is 22.8 Å². The van der Waals surface area contributed by atoms with Crippen LogP contribution in [-0.4, -0.2) is 24.8 Å². The van der Waals surface area contributed by atoms with Gasteiger partial charge in [0.15, 0.2) is 12.4 Å². The summed E-state index contributed by atoms with van der Waals surface area (Å²) in [6.45, 7) is 0.746. The fourth-order valence-corrected chi connectivity index (χ4v) is 0.225. The summed E-state index contributed by atoms with van der Waals surface area (Å²) < 4.78 is 33.8. The lowest BCUT2D eigenvalue weighted by Crippen LogP contribution is -2.09. The van der Waals surface area contributed by atoms with E-state index in [1.54, 1.807) is 0 Å². The van der Waals surface area contributed by atoms with Crippen molar-refractivity contribution in [2.75, 3.05) is 6.61 Å². The summed E-state index contributed by atoms with van der Waals surface area (Å²) in [6.07, 6.45) is -4.81. The van der Waals surface area contributed by atoms with Crippen LogP contribution in [0.1, 0.15) is 6.92 Å². The summed E-state index contributed by atoms with van der Waals surface area (Å²) in [5.41, 5.74) is 0. The van der Waals surface area contributed by atoms with Gasteiger partial charge in [0.1, 0.15) is 6.21 Å². The van der Waals surface area contributed by atoms with Gasteiger partial charge in [-0.05, 0) is 6.92 Å². The van der Waals surface area contributed by atoms with Crippen LogP contribution in [0.5, 0.6) is 0 Å². The number of Topliss-reactive ketones (excluding diaryl/α,β-unsaturated/α-hetero) is 1. The minimum atomic E-state index is -4.49. The highest BCUT2D eigenvalue weighted by Gasteiger charge is 2.24. The van der Waals surface area contributed by atoms with Gasteiger partial charge < -0.3 is 4.84 Å². The summed E-state index contributed by atoms with van der Waals surface area (Å²) >= 11 is 0. The van der Waals surface area contributed by atoms with Crippen LogP contribution in [-0.2, 0) is 9.63 Å². The van der Waals surface area contributed by atoms with Crippen molar-refractivity contribution in [1.82, 2.24) is 0 Å². The normalized spacial score (nSPS) is 12.0. The molecule has 0 rings (SSSR count). The van der Waals surface area contributed by atoms with E-state index in [4.69, 9.17) is 0 Å². The van der Waals surface area contributed by atoms with Gasteiger partial charge in [0.25, 0.3) is 0 Å². The molecule has 0 unspecified atom stereocenters. The Morgan fingerprint density at radius 2 is 2.18 bits per heavy atom. The quantitative estimate of drug-likeness (QED) is 0.469. The van der Waals surface area contributed by atoms with E-state index in [2.05, 4.69) is 9.99 Å². The molecule has 6 heteroatoms. The number of ketones is 1. The molecule has 0 aliphatic rings. The molecule has 0 aliphatic heterocycles. The van der Waals surface area contributed by atoms with Crippen molar-refractivity contribution in [3.05, 3.63) is 0 Å². The third-order valence-electron chi connectivity index (χ3n) is 0.541. The number of carbonyl (C=O) groups is 1. The SMILES string of the molecule is CC(=O)CO/N=C/C(F)(F)F. The van der Waals surface area contributed by atoms with Gasteiger partial charge in [-0.1, -0.05) is 5.16 Å². The second kappa shape index (κ2) is 3.95. The lowest BCUT2D eigenvalue weighted by molar-refractivity contribution is -0.121. The molecule has 0 saturated heterocycles. The van der Waals surface area contributed by atoms with Crippen LogP contribution < -0.4 is 0 Å². The molecule has 0 radical (unpaired) electrons. The molecular weight excluding hydrogens is 163 g/mol. The zero-order chi connectivity index (χ0) is 8.91. The predicted octanol–water partition coefficient (Wildman–Crippen LogP) is 1.14. The standard InChI is InChI=1S/C5H6F3NO2/c1-4(10)2-11-9-3-5(6,7)8/h3H,2H2,1H3/b9-3+. The number of rotatable bonds is 3. The van der Waals surface area contributed by atoms with Crippen molar-refractivity contribution in [1.29, 1.82) is 0 Å². The molecular formula is C5H6F3NO2. The Morgan fingerprint density at radius 3 is 2.55 bits per heavy atom. The molecule has 64 valence electrons. The topological polar surface area (TPSA) is 38.7 Å². The average Bonchev–Trinajstić information content (AvgIpc) is 1.78. The van der Waals surface area contributed by atoms with Crippen LogP contribution in [0.2, 0.25) is 0 Å². The minimum absolute atomic E-state index is 0.323. The molecule has 0 amide bonds. The molecule has 11 heavy (non-hydrogen) atoms. The maximum Gasteiger partial charge on any atom is 0.429 e. The number of hydrogen-bond acceptors (Lipinski definition) is 3. The van der Waals surface area contributed by atoms with Crippen molar-refractivity contribution in [3.63, 3.8) is 0 Å². The molecule has 0 heterocycles. The first-order chi connectivity index (χ1) is 4.92. The summed E-state index contributed by atoms with van der Waals surface area (Å²) in [7, 11) is 0. The first kappa shape index (κ1) is 9.93. The monoisotopic (exact) mass is 169 g/mol. The van der Waals surface area contributed by atoms with E-state index in [1.165, 1.54) is 6.92 Å². The molecule has 0 atom stereocenters. The predicted molar refractivity (Wildman–Crippen MR) is 31.2 cm³/mol. The van der Waals surface area contributed by atoms with E-state index in [-0.39, 0.29) is 12.0 Å². The summed E-state index contributed by atoms with van der Waals surface area (Å²) in [5.74, 6) is -0.385. The van der Waals surface area contributed by atoms with E-state index in [0.29, 0.717) is 0 Å². The maximum atomic E-state index is 11.3. The molecule has 0 bridgehead atoms. The second-order valence-corrected chi connectivity index (χ2v) is 1.75. The van der Waals surface area contributed by atoms with E-state index in [0.717, 1.165) is 0 Å². The summed E-state index contributed by atoms with van der Waals surface area (Å²) in [5, 5.41) is 2.51. The van der Waals surface area contributed by atoms with Crippen LogP contribution in [0.15, 0.2) is 5.16 Å². The fourth-order valence-electron chi connectivity index (χ4n) is 0.225. The zero-order valence-corrected chi connectivity index (χ0v) is 5.68. The number of oxime groups is 1. The van der Waals surface area contributed by atoms with Gasteiger partial charge >= 0.3 is 6.18 Å². The van der Waals surface area contributed by atoms with Crippen LogP contribution >= 0.6 is 0 Å². The van der Waals surface area contributed by atoms with Crippen molar-refractivity contribution in [2.24, 2.45) is 5.16 Å². The first-order valence-corrected chi connectivity index (χ1v) is 2.64. The Labute approximate surface area is 60.8 Å². The number of carbonyl (C=O) groups excluding carboxylic acids is 1. The Morgan fingerprint density at radius 1 is 1.64 bits per heavy atom. The van der Waals surface area contributed by atoms with Gasteiger partial charge in [0.2, 0.25) is 0 Å². The lowest BCUT2D eigenvalue weighted by atomic mass is 10.5. The summed E-state index contributed by atoms with van der Waals surface area (Å²) in [4.78, 5) is 14.1. The second-order valence-electron chi connectivity index (χ2n) is 1.75. The highest BCUT2D eigenvalue weighted by atomic mass is 19.4. The van der Waals surface area contributed by atoms with Crippen LogP contribution in [0.3, 0.4) is 0 Å². The smallest absolute Gasteiger partial charge is 0.388 e. The van der Waals surface area contributed by atoms with Gasteiger partial charge in [-0.25, -0.2) is 0 Å². The van der Waals surface area contributed by atoms with Crippen molar-refractivity contribution in [3.8, 4) is 0 Å². The molecule has 3 nitrogen and oxygen atoms in total. The van der Waals surface area contributed by atoms with Crippen LogP contribution in [0.25, 0.3) is 0 Å². The molecule has 0 aromatic rings. The fraction of sp³-hybridized carbons (Fsp3) is 0.600. The number of nitrogens with zero attached hydrogens (tertiary/aromatic N) is 1. The molecule has 0 fully saturated rings. The van der Waals surface area contributed by atoms with Crippen molar-refractivity contribution >= 4 is 12.0 Å². The minimum Gasteiger partial charge on any atom is -0.388 e. The van der Waals surface area contributed by atoms with Crippen LogP contribution in [0, 0.1) is 0 Å². The van der Waals surface area contributed by atoms with Crippen LogP contribution in [0.4, 0.5) is 13.2 Å². The van der Waals surface area contributed by atoms with E-state index in [1.807, 2.05) is 0 Å². The third kappa shape index (κ3) is 8.93. The highest BCUT2D eigenvalue weighted by molar-refractivity contribution is 5.76. The number of alkyl halides is 3. The molecule has 0 aromatic heterocycles. The molecule has 0 spiro atoms. The molecule has 0 aromatic carbocycles. The van der Waals surface area contributed by atoms with Crippen molar-refractivity contribution in [2.45, 2.75) is 13.1 Å². The zero-order valence-electron chi connectivity index (χ0n) is 5.68.